The van der Waals surface area contributed by atoms with Gasteiger partial charge in [-0.1, -0.05) is 30.6 Å². The molecule has 1 spiro atoms. The SMILES string of the molecule is Cc1cn(C2C[C@H](N=[N+]=[N-])C(COC(=O)[C@@H]3OC(C)(C)O[C@@]34CCC3C5CCC6=CC(=O)C=CC6(C)C5C(O)CC34C)O2)c(=O)[nH]c1=O. The summed E-state index contributed by atoms with van der Waals surface area (Å²) < 4.78 is 26.2. The fourth-order valence-corrected chi connectivity index (χ4v) is 10.3. The Morgan fingerprint density at radius 2 is 2.00 bits per heavy atom. The molecule has 8 unspecified atom stereocenters. The van der Waals surface area contributed by atoms with Gasteiger partial charge in [0.25, 0.3) is 5.56 Å². The normalized spacial score (nSPS) is 42.5. The van der Waals surface area contributed by atoms with Gasteiger partial charge >= 0.3 is 11.7 Å². The molecule has 1 aromatic heterocycles. The molecule has 1 aromatic rings. The molecule has 48 heavy (non-hydrogen) atoms. The highest BCUT2D eigenvalue weighted by Crippen LogP contribution is 2.70. The van der Waals surface area contributed by atoms with Crippen LogP contribution in [0.15, 0.2) is 44.7 Å². The van der Waals surface area contributed by atoms with Crippen molar-refractivity contribution in [2.75, 3.05) is 6.61 Å². The number of allylic oxidation sites excluding steroid dienone is 4. The first-order valence-electron chi connectivity index (χ1n) is 16.8. The van der Waals surface area contributed by atoms with E-state index in [1.165, 1.54) is 10.8 Å². The van der Waals surface area contributed by atoms with E-state index in [-0.39, 0.29) is 36.6 Å². The summed E-state index contributed by atoms with van der Waals surface area (Å²) >= 11 is 0. The van der Waals surface area contributed by atoms with Crippen molar-refractivity contribution in [3.8, 4) is 0 Å². The fraction of sp³-hybridized carbons (Fsp3) is 0.706. The number of aromatic nitrogens is 2. The van der Waals surface area contributed by atoms with Gasteiger partial charge in [0.2, 0.25) is 0 Å². The van der Waals surface area contributed by atoms with Crippen molar-refractivity contribution in [2.45, 2.75) is 115 Å². The highest BCUT2D eigenvalue weighted by molar-refractivity contribution is 6.01. The van der Waals surface area contributed by atoms with Crippen LogP contribution in [0, 0.1) is 35.5 Å². The van der Waals surface area contributed by atoms with Crippen LogP contribution in [0.5, 0.6) is 0 Å². The van der Waals surface area contributed by atoms with Gasteiger partial charge in [-0.3, -0.25) is 19.1 Å². The lowest BCUT2D eigenvalue weighted by Gasteiger charge is -2.60. The Balaban J connectivity index is 1.13. The minimum Gasteiger partial charge on any atom is -0.461 e. The maximum atomic E-state index is 14.1. The van der Waals surface area contributed by atoms with E-state index < -0.39 is 70.0 Å². The zero-order valence-electron chi connectivity index (χ0n) is 27.9. The van der Waals surface area contributed by atoms with Gasteiger partial charge < -0.3 is 24.1 Å². The molecule has 14 heteroatoms. The number of aliphatic hydroxyl groups excluding tert-OH is 1. The summed E-state index contributed by atoms with van der Waals surface area (Å²) in [5.74, 6) is -1.54. The van der Waals surface area contributed by atoms with Gasteiger partial charge in [0.1, 0.15) is 24.5 Å². The number of aryl methyl sites for hydroxylation is 1. The number of aliphatic hydroxyl groups is 1. The Hall–Kier alpha value is -3.55. The maximum absolute atomic E-state index is 14.1. The van der Waals surface area contributed by atoms with Crippen LogP contribution in [0.25, 0.3) is 10.4 Å². The number of aromatic amines is 1. The Labute approximate surface area is 277 Å². The fourth-order valence-electron chi connectivity index (χ4n) is 10.3. The Morgan fingerprint density at radius 1 is 1.23 bits per heavy atom. The van der Waals surface area contributed by atoms with Crippen molar-refractivity contribution in [2.24, 2.45) is 33.7 Å². The number of fused-ring (bicyclic) bond motifs is 6. The lowest BCUT2D eigenvalue weighted by atomic mass is 9.46. The lowest BCUT2D eigenvalue weighted by Crippen LogP contribution is -2.63. The van der Waals surface area contributed by atoms with Crippen LogP contribution in [0.2, 0.25) is 0 Å². The van der Waals surface area contributed by atoms with E-state index in [1.54, 1.807) is 32.9 Å². The van der Waals surface area contributed by atoms with E-state index in [4.69, 9.17) is 18.9 Å². The molecule has 6 aliphatic rings. The highest BCUT2D eigenvalue weighted by Gasteiger charge is 2.74. The van der Waals surface area contributed by atoms with E-state index in [0.717, 1.165) is 24.8 Å². The van der Waals surface area contributed by atoms with Crippen LogP contribution in [-0.4, -0.2) is 68.8 Å². The second-order valence-electron chi connectivity index (χ2n) is 15.4. The minimum absolute atomic E-state index is 0.0133. The van der Waals surface area contributed by atoms with Gasteiger partial charge in [0, 0.05) is 39.8 Å². The molecule has 11 atom stereocenters. The highest BCUT2D eigenvalue weighted by atomic mass is 16.8. The monoisotopic (exact) mass is 665 g/mol. The lowest BCUT2D eigenvalue weighted by molar-refractivity contribution is -0.210. The Morgan fingerprint density at radius 3 is 2.75 bits per heavy atom. The third-order valence-corrected chi connectivity index (χ3v) is 12.4. The third-order valence-electron chi connectivity index (χ3n) is 12.4. The van der Waals surface area contributed by atoms with Crippen molar-refractivity contribution in [1.82, 2.24) is 9.55 Å². The molecule has 7 rings (SSSR count). The van der Waals surface area contributed by atoms with Crippen molar-refractivity contribution in [1.29, 1.82) is 0 Å². The molecule has 4 aliphatic carbocycles. The van der Waals surface area contributed by atoms with Gasteiger partial charge in [-0.25, -0.2) is 9.59 Å². The molecule has 258 valence electrons. The van der Waals surface area contributed by atoms with E-state index in [0.29, 0.717) is 18.4 Å². The zero-order chi connectivity index (χ0) is 34.4. The molecule has 0 bridgehead atoms. The average Bonchev–Trinajstić information content (AvgIpc) is 3.64. The number of esters is 1. The van der Waals surface area contributed by atoms with Crippen LogP contribution in [0.3, 0.4) is 0 Å². The van der Waals surface area contributed by atoms with Crippen molar-refractivity contribution in [3.63, 3.8) is 0 Å². The molecular weight excluding hydrogens is 622 g/mol. The number of H-pyrrole nitrogens is 1. The largest absolute Gasteiger partial charge is 0.461 e. The van der Waals surface area contributed by atoms with Gasteiger partial charge in [-0.05, 0) is 82.4 Å². The number of nitrogens with one attached hydrogen (secondary N) is 1. The molecule has 3 heterocycles. The molecule has 5 fully saturated rings. The molecule has 3 saturated carbocycles. The summed E-state index contributed by atoms with van der Waals surface area (Å²) in [6.07, 6.45) is 6.68. The number of rotatable bonds is 5. The van der Waals surface area contributed by atoms with Crippen LogP contribution in [-0.2, 0) is 28.5 Å². The number of ketones is 1. The molecule has 0 radical (unpaired) electrons. The quantitative estimate of drug-likeness (QED) is 0.205. The summed E-state index contributed by atoms with van der Waals surface area (Å²) in [5, 5.41) is 15.8. The van der Waals surface area contributed by atoms with Crippen LogP contribution >= 0.6 is 0 Å². The first kappa shape index (κ1) is 33.0. The molecule has 2 aliphatic heterocycles. The molecule has 14 nitrogen and oxygen atoms in total. The van der Waals surface area contributed by atoms with E-state index in [1.807, 2.05) is 6.08 Å². The molecule has 2 saturated heterocycles. The molecule has 0 amide bonds. The number of azide groups is 1. The predicted octanol–water partition coefficient (Wildman–Crippen LogP) is 3.52. The van der Waals surface area contributed by atoms with Crippen LogP contribution in [0.1, 0.15) is 78.0 Å². The minimum atomic E-state index is -1.10. The van der Waals surface area contributed by atoms with Gasteiger partial charge in [0.05, 0.1) is 12.1 Å². The smallest absolute Gasteiger partial charge is 0.338 e. The Bertz CT molecular complexity index is 1780. The second kappa shape index (κ2) is 11.2. The van der Waals surface area contributed by atoms with Gasteiger partial charge in [-0.15, -0.1) is 0 Å². The predicted molar refractivity (Wildman–Crippen MR) is 169 cm³/mol. The topological polar surface area (TPSA) is 195 Å². The number of nitrogens with zero attached hydrogens (tertiary/aromatic N) is 4. The van der Waals surface area contributed by atoms with E-state index in [9.17, 15) is 29.8 Å². The molecular formula is C34H43N5O9. The average molecular weight is 666 g/mol. The zero-order valence-corrected chi connectivity index (χ0v) is 27.9. The molecule has 0 aromatic carbocycles. The van der Waals surface area contributed by atoms with E-state index in [2.05, 4.69) is 28.9 Å². The van der Waals surface area contributed by atoms with Gasteiger partial charge in [-0.2, -0.15) is 0 Å². The van der Waals surface area contributed by atoms with Crippen molar-refractivity contribution >= 4 is 11.8 Å². The standard InChI is InChI=1S/C34H43N5O9/c1-17-15-39(30(44)36-28(17)42)25-13-22(37-38-35)24(46-25)16-45-29(43)27-34(48-31(2,3)47-27)11-9-21-20-7-6-18-12-19(40)8-10-32(18,4)26(20)23(41)14-33(21,34)5/h8,10,12,15,20-27,41H,6-7,9,11,13-14,16H2,1-5H3,(H,36,42,44)/t20?,21?,22-,23?,24?,25?,26?,27-,32?,33?,34-/m0/s1. The Kier molecular flexibility index (Phi) is 7.72. The van der Waals surface area contributed by atoms with Crippen molar-refractivity contribution in [3.05, 3.63) is 66.8 Å². The second-order valence-corrected chi connectivity index (χ2v) is 15.4. The summed E-state index contributed by atoms with van der Waals surface area (Å²) in [7, 11) is 0. The number of hydrogen-bond donors (Lipinski definition) is 2. The summed E-state index contributed by atoms with van der Waals surface area (Å²) in [6, 6.07) is -0.743. The number of carbonyl (C=O) groups excluding carboxylic acids is 2. The summed E-state index contributed by atoms with van der Waals surface area (Å²) in [5.41, 5.74) is 7.33. The third kappa shape index (κ3) is 4.86. The van der Waals surface area contributed by atoms with E-state index >= 15 is 0 Å². The van der Waals surface area contributed by atoms with Gasteiger partial charge in [0.15, 0.2) is 17.7 Å². The number of carbonyl (C=O) groups is 2. The number of hydrogen-bond acceptors (Lipinski definition) is 10. The van der Waals surface area contributed by atoms with Crippen LogP contribution < -0.4 is 11.2 Å². The summed E-state index contributed by atoms with van der Waals surface area (Å²) in [4.78, 5) is 55.9. The first-order chi connectivity index (χ1) is 22.6. The molecule has 2 N–H and O–H groups in total. The van der Waals surface area contributed by atoms with Crippen molar-refractivity contribution < 1.29 is 33.6 Å². The first-order valence-corrected chi connectivity index (χ1v) is 16.8. The van der Waals surface area contributed by atoms with Crippen LogP contribution in [0.4, 0.5) is 0 Å². The maximum Gasteiger partial charge on any atom is 0.338 e. The number of ether oxygens (including phenoxy) is 4. The summed E-state index contributed by atoms with van der Waals surface area (Å²) in [6.45, 7) is 9.08.